The highest BCUT2D eigenvalue weighted by atomic mass is 19.2. The smallest absolute Gasteiger partial charge is 0.115 e. The predicted molar refractivity (Wildman–Crippen MR) is 65.5 cm³/mol. The molecule has 0 bridgehead atoms. The van der Waals surface area contributed by atoms with Crippen LogP contribution in [-0.2, 0) is 0 Å². The number of fused-ring (bicyclic) bond motifs is 1. The van der Waals surface area contributed by atoms with Crippen LogP contribution in [0.25, 0.3) is 22.0 Å². The Hall–Kier alpha value is -2.29. The number of phenolic OH excluding ortho intramolecular Hbond substituents is 1. The first-order valence-corrected chi connectivity index (χ1v) is 5.31. The zero-order valence-corrected chi connectivity index (χ0v) is 8.97. The average molecular weight is 227 g/mol. The second-order valence-corrected chi connectivity index (χ2v) is 3.92. The summed E-state index contributed by atoms with van der Waals surface area (Å²) in [7, 11) is 0. The van der Waals surface area contributed by atoms with E-state index < -0.39 is 0 Å². The number of para-hydroxylation sites is 1. The van der Waals surface area contributed by atoms with Crippen molar-refractivity contribution < 1.29 is 9.59 Å². The first kappa shape index (κ1) is 9.90. The van der Waals surface area contributed by atoms with Crippen molar-refractivity contribution in [3.8, 4) is 16.9 Å². The van der Waals surface area contributed by atoms with Gasteiger partial charge in [0.25, 0.3) is 0 Å². The molecule has 0 spiro atoms. The van der Waals surface area contributed by atoms with Gasteiger partial charge >= 0.3 is 0 Å². The van der Waals surface area contributed by atoms with Crippen LogP contribution in [0.15, 0.2) is 54.7 Å². The number of rotatable bonds is 1. The predicted octanol–water partition coefficient (Wildman–Crippen LogP) is 3.75. The van der Waals surface area contributed by atoms with E-state index in [0.29, 0.717) is 10.3 Å². The molecule has 0 radical (unpaired) electrons. The molecule has 0 atom stereocenters. The van der Waals surface area contributed by atoms with Crippen LogP contribution in [0.3, 0.4) is 0 Å². The zero-order valence-electron chi connectivity index (χ0n) is 8.97. The SMILES string of the molecule is Oc1ccc(-c2cn(F)c3ccccc23)cc1. The molecule has 0 saturated heterocycles. The summed E-state index contributed by atoms with van der Waals surface area (Å²) in [6.45, 7) is 0. The van der Waals surface area contributed by atoms with Gasteiger partial charge in [0.05, 0.1) is 5.52 Å². The number of benzene rings is 2. The minimum absolute atomic E-state index is 0.206. The lowest BCUT2D eigenvalue weighted by molar-refractivity contribution is 0.388. The van der Waals surface area contributed by atoms with Crippen molar-refractivity contribution in [2.24, 2.45) is 0 Å². The van der Waals surface area contributed by atoms with Crippen LogP contribution in [-0.4, -0.2) is 9.90 Å². The summed E-state index contributed by atoms with van der Waals surface area (Å²) in [6.07, 6.45) is 1.46. The van der Waals surface area contributed by atoms with E-state index in [0.717, 1.165) is 16.5 Å². The highest BCUT2D eigenvalue weighted by Crippen LogP contribution is 2.31. The van der Waals surface area contributed by atoms with Crippen molar-refractivity contribution in [2.45, 2.75) is 0 Å². The van der Waals surface area contributed by atoms with Gasteiger partial charge in [-0.1, -0.05) is 34.8 Å². The van der Waals surface area contributed by atoms with Gasteiger partial charge in [-0.25, -0.2) is 0 Å². The molecule has 1 aromatic heterocycles. The van der Waals surface area contributed by atoms with E-state index in [-0.39, 0.29) is 5.75 Å². The molecule has 0 aliphatic rings. The van der Waals surface area contributed by atoms with E-state index in [1.54, 1.807) is 36.4 Å². The van der Waals surface area contributed by atoms with Crippen LogP contribution in [0.5, 0.6) is 5.75 Å². The van der Waals surface area contributed by atoms with Crippen LogP contribution in [0.4, 0.5) is 4.48 Å². The number of halogens is 1. The fraction of sp³-hybridized carbons (Fsp3) is 0. The van der Waals surface area contributed by atoms with Crippen LogP contribution in [0, 0.1) is 0 Å². The van der Waals surface area contributed by atoms with Gasteiger partial charge in [-0.2, -0.15) is 4.79 Å². The summed E-state index contributed by atoms with van der Waals surface area (Å²) in [5.74, 6) is 0.206. The summed E-state index contributed by atoms with van der Waals surface area (Å²) in [5, 5.41) is 10.1. The second kappa shape index (κ2) is 3.63. The lowest BCUT2D eigenvalue weighted by atomic mass is 10.1. The Morgan fingerprint density at radius 1 is 0.941 bits per heavy atom. The van der Waals surface area contributed by atoms with Crippen LogP contribution >= 0.6 is 0 Å². The average Bonchev–Trinajstić information content (AvgIpc) is 2.69. The summed E-state index contributed by atoms with van der Waals surface area (Å²) in [4.78, 5) is 0.623. The Balaban J connectivity index is 2.27. The van der Waals surface area contributed by atoms with Gasteiger partial charge in [0, 0.05) is 17.1 Å². The Bertz CT molecular complexity index is 670. The Morgan fingerprint density at radius 2 is 1.65 bits per heavy atom. The van der Waals surface area contributed by atoms with Crippen LogP contribution < -0.4 is 0 Å². The summed E-state index contributed by atoms with van der Waals surface area (Å²) >= 11 is 0. The van der Waals surface area contributed by atoms with Crippen LogP contribution in [0.1, 0.15) is 0 Å². The molecule has 3 heteroatoms. The summed E-state index contributed by atoms with van der Waals surface area (Å²) < 4.78 is 13.6. The highest BCUT2D eigenvalue weighted by Gasteiger charge is 2.09. The van der Waals surface area contributed by atoms with Gasteiger partial charge in [0.2, 0.25) is 0 Å². The number of hydrogen-bond acceptors (Lipinski definition) is 1. The molecule has 1 N–H and O–H groups in total. The topological polar surface area (TPSA) is 25.2 Å². The molecule has 3 aromatic rings. The number of aromatic nitrogens is 1. The molecule has 2 aromatic carbocycles. The minimum atomic E-state index is 0.206. The van der Waals surface area contributed by atoms with Crippen molar-refractivity contribution in [1.82, 2.24) is 4.79 Å². The second-order valence-electron chi connectivity index (χ2n) is 3.92. The molecule has 0 saturated carbocycles. The van der Waals surface area contributed by atoms with Crippen LogP contribution in [0.2, 0.25) is 0 Å². The molecular formula is C14H10FNO. The number of hydrogen-bond donors (Lipinski definition) is 1. The third-order valence-electron chi connectivity index (χ3n) is 2.85. The molecule has 0 aliphatic carbocycles. The molecule has 17 heavy (non-hydrogen) atoms. The van der Waals surface area contributed by atoms with Crippen molar-refractivity contribution in [2.75, 3.05) is 0 Å². The van der Waals surface area contributed by atoms with Crippen molar-refractivity contribution >= 4 is 10.9 Å². The third kappa shape index (κ3) is 1.56. The Labute approximate surface area is 97.5 Å². The van der Waals surface area contributed by atoms with Gasteiger partial charge in [0.15, 0.2) is 0 Å². The largest absolute Gasteiger partial charge is 0.508 e. The first-order chi connectivity index (χ1) is 8.25. The molecule has 0 unspecified atom stereocenters. The standard InChI is InChI=1S/C14H10FNO/c15-16-9-13(10-5-7-11(17)8-6-10)12-3-1-2-4-14(12)16/h1-9,17H. The Kier molecular flexibility index (Phi) is 2.11. The van der Waals surface area contributed by atoms with Gasteiger partial charge in [-0.3, -0.25) is 0 Å². The third-order valence-corrected chi connectivity index (χ3v) is 2.85. The van der Waals surface area contributed by atoms with E-state index in [9.17, 15) is 9.59 Å². The van der Waals surface area contributed by atoms with Gasteiger partial charge in [0.1, 0.15) is 5.75 Å². The minimum Gasteiger partial charge on any atom is -0.508 e. The fourth-order valence-electron chi connectivity index (χ4n) is 2.01. The zero-order chi connectivity index (χ0) is 11.8. The fourth-order valence-corrected chi connectivity index (χ4v) is 2.01. The van der Waals surface area contributed by atoms with E-state index >= 15 is 0 Å². The quantitative estimate of drug-likeness (QED) is 0.673. The summed E-state index contributed by atoms with van der Waals surface area (Å²) in [5.41, 5.74) is 2.26. The number of phenols is 1. The normalized spacial score (nSPS) is 10.9. The highest BCUT2D eigenvalue weighted by molar-refractivity contribution is 5.95. The number of aromatic hydroxyl groups is 1. The maximum atomic E-state index is 13.6. The van der Waals surface area contributed by atoms with Crippen molar-refractivity contribution in [3.63, 3.8) is 0 Å². The van der Waals surface area contributed by atoms with Crippen molar-refractivity contribution in [1.29, 1.82) is 0 Å². The maximum Gasteiger partial charge on any atom is 0.115 e. The van der Waals surface area contributed by atoms with Gasteiger partial charge in [-0.15, -0.1) is 0 Å². The summed E-state index contributed by atoms with van der Waals surface area (Å²) in [6, 6.07) is 14.0. The lowest BCUT2D eigenvalue weighted by Crippen LogP contribution is -1.75. The molecular weight excluding hydrogens is 217 g/mol. The van der Waals surface area contributed by atoms with Crippen molar-refractivity contribution in [3.05, 3.63) is 54.7 Å². The number of nitrogens with zero attached hydrogens (tertiary/aromatic N) is 1. The van der Waals surface area contributed by atoms with Gasteiger partial charge < -0.3 is 5.11 Å². The molecule has 84 valence electrons. The molecule has 0 amide bonds. The van der Waals surface area contributed by atoms with E-state index in [4.69, 9.17) is 0 Å². The monoisotopic (exact) mass is 227 g/mol. The van der Waals surface area contributed by atoms with E-state index in [1.165, 1.54) is 6.20 Å². The van der Waals surface area contributed by atoms with Gasteiger partial charge in [-0.05, 0) is 23.8 Å². The molecule has 2 nitrogen and oxygen atoms in total. The molecule has 0 aliphatic heterocycles. The first-order valence-electron chi connectivity index (χ1n) is 5.31. The molecule has 1 heterocycles. The molecule has 3 rings (SSSR count). The Morgan fingerprint density at radius 3 is 2.41 bits per heavy atom. The maximum absolute atomic E-state index is 13.6. The lowest BCUT2D eigenvalue weighted by Gasteiger charge is -1.99. The van der Waals surface area contributed by atoms with E-state index in [2.05, 4.69) is 0 Å². The van der Waals surface area contributed by atoms with E-state index in [1.807, 2.05) is 12.1 Å². The molecule has 0 fully saturated rings.